The minimum absolute atomic E-state index is 0.105. The van der Waals surface area contributed by atoms with Crippen LogP contribution in [0.15, 0.2) is 28.9 Å². The predicted molar refractivity (Wildman–Crippen MR) is 92.5 cm³/mol. The Balaban J connectivity index is 1.24. The Morgan fingerprint density at radius 3 is 2.88 bits per heavy atom. The largest absolute Gasteiger partial charge is 0.368 e. The van der Waals surface area contributed by atoms with Gasteiger partial charge in [-0.15, -0.1) is 0 Å². The fourth-order valence-corrected chi connectivity index (χ4v) is 3.19. The number of nitrogens with zero attached hydrogens (tertiary/aromatic N) is 5. The summed E-state index contributed by atoms with van der Waals surface area (Å²) in [4.78, 5) is 25.0. The maximum Gasteiger partial charge on any atom is 0.317 e. The maximum atomic E-state index is 12.3. The monoisotopic (exact) mass is 358 g/mol. The molecule has 0 saturated carbocycles. The molecule has 2 aromatic heterocycles. The van der Waals surface area contributed by atoms with E-state index in [1.165, 1.54) is 0 Å². The van der Waals surface area contributed by atoms with Gasteiger partial charge in [0.1, 0.15) is 11.9 Å². The van der Waals surface area contributed by atoms with Crippen molar-refractivity contribution in [1.82, 2.24) is 25.3 Å². The molecule has 1 N–H and O–H groups in total. The lowest BCUT2D eigenvalue weighted by atomic mass is 10.2. The van der Waals surface area contributed by atoms with E-state index < -0.39 is 0 Å². The van der Waals surface area contributed by atoms with Crippen molar-refractivity contribution in [3.63, 3.8) is 0 Å². The van der Waals surface area contributed by atoms with Gasteiger partial charge in [0, 0.05) is 39.0 Å². The Morgan fingerprint density at radius 2 is 2.15 bits per heavy atom. The average molecular weight is 358 g/mol. The molecule has 2 amide bonds. The summed E-state index contributed by atoms with van der Waals surface area (Å²) in [6.07, 6.45) is 3.58. The van der Waals surface area contributed by atoms with E-state index in [1.54, 1.807) is 11.1 Å². The maximum absolute atomic E-state index is 12.3. The lowest BCUT2D eigenvalue weighted by Crippen LogP contribution is -2.51. The second-order valence-corrected chi connectivity index (χ2v) is 6.37. The van der Waals surface area contributed by atoms with Crippen LogP contribution in [0.1, 0.15) is 30.7 Å². The van der Waals surface area contributed by atoms with Crippen molar-refractivity contribution in [2.45, 2.75) is 25.5 Å². The van der Waals surface area contributed by atoms with Gasteiger partial charge in [0.25, 0.3) is 5.89 Å². The minimum Gasteiger partial charge on any atom is -0.368 e. The van der Waals surface area contributed by atoms with Gasteiger partial charge in [-0.25, -0.2) is 9.78 Å². The number of anilines is 1. The molecule has 0 radical (unpaired) electrons. The van der Waals surface area contributed by atoms with Crippen LogP contribution in [0.3, 0.4) is 0 Å². The number of urea groups is 1. The third-order valence-corrected chi connectivity index (χ3v) is 4.63. The number of ether oxygens (including phenoxy) is 1. The number of pyridine rings is 1. The first kappa shape index (κ1) is 16.8. The highest BCUT2D eigenvalue weighted by Gasteiger charge is 2.25. The van der Waals surface area contributed by atoms with E-state index in [-0.39, 0.29) is 18.7 Å². The molecule has 9 nitrogen and oxygen atoms in total. The Morgan fingerprint density at radius 1 is 1.27 bits per heavy atom. The smallest absolute Gasteiger partial charge is 0.317 e. The van der Waals surface area contributed by atoms with Crippen LogP contribution in [0, 0.1) is 0 Å². The zero-order valence-electron chi connectivity index (χ0n) is 14.5. The summed E-state index contributed by atoms with van der Waals surface area (Å²) in [7, 11) is 0. The van der Waals surface area contributed by atoms with Crippen LogP contribution in [-0.2, 0) is 11.3 Å². The van der Waals surface area contributed by atoms with E-state index in [9.17, 15) is 4.79 Å². The number of nitrogens with one attached hydrogen (secondary N) is 1. The van der Waals surface area contributed by atoms with E-state index in [0.717, 1.165) is 38.4 Å². The molecule has 26 heavy (non-hydrogen) atoms. The number of hydrogen-bond acceptors (Lipinski definition) is 7. The van der Waals surface area contributed by atoms with Gasteiger partial charge in [-0.2, -0.15) is 4.98 Å². The topological polar surface area (TPSA) is 96.6 Å². The fraction of sp³-hybridized carbons (Fsp3) is 0.529. The number of aromatic nitrogens is 3. The summed E-state index contributed by atoms with van der Waals surface area (Å²) in [6.45, 7) is 3.79. The van der Waals surface area contributed by atoms with Gasteiger partial charge in [0.15, 0.2) is 5.82 Å². The molecule has 0 aliphatic carbocycles. The highest BCUT2D eigenvalue weighted by Crippen LogP contribution is 2.26. The second-order valence-electron chi connectivity index (χ2n) is 6.37. The van der Waals surface area contributed by atoms with Gasteiger partial charge in [-0.1, -0.05) is 11.2 Å². The van der Waals surface area contributed by atoms with Gasteiger partial charge >= 0.3 is 6.03 Å². The molecule has 4 rings (SSSR count). The van der Waals surface area contributed by atoms with Crippen molar-refractivity contribution in [2.24, 2.45) is 0 Å². The minimum atomic E-state index is -0.117. The number of rotatable bonds is 4. The van der Waals surface area contributed by atoms with Crippen molar-refractivity contribution >= 4 is 11.8 Å². The molecule has 2 aromatic rings. The molecule has 0 unspecified atom stereocenters. The third-order valence-electron chi connectivity index (χ3n) is 4.63. The van der Waals surface area contributed by atoms with Gasteiger partial charge in [-0.3, -0.25) is 0 Å². The second kappa shape index (κ2) is 7.69. The third kappa shape index (κ3) is 3.77. The Labute approximate surface area is 151 Å². The Bertz CT molecular complexity index is 723. The molecule has 2 fully saturated rings. The standard InChI is InChI=1S/C17H22N6O3/c24-17(19-12-14-20-16(26-21-14)13-4-3-11-25-13)23-9-7-22(8-10-23)15-5-1-2-6-18-15/h1-2,5-6,13H,3-4,7-12H2,(H,19,24)/t13-/m1/s1. The van der Waals surface area contributed by atoms with Gasteiger partial charge in [-0.05, 0) is 25.0 Å². The van der Waals surface area contributed by atoms with Crippen LogP contribution < -0.4 is 10.2 Å². The fourth-order valence-electron chi connectivity index (χ4n) is 3.19. The van der Waals surface area contributed by atoms with E-state index in [4.69, 9.17) is 9.26 Å². The zero-order valence-corrected chi connectivity index (χ0v) is 14.5. The van der Waals surface area contributed by atoms with E-state index in [1.807, 2.05) is 18.2 Å². The number of piperazine rings is 1. The first-order valence-electron chi connectivity index (χ1n) is 8.92. The summed E-state index contributed by atoms with van der Waals surface area (Å²) >= 11 is 0. The molecule has 138 valence electrons. The summed E-state index contributed by atoms with van der Waals surface area (Å²) in [6, 6.07) is 5.73. The summed E-state index contributed by atoms with van der Waals surface area (Å²) in [5.41, 5.74) is 0. The summed E-state index contributed by atoms with van der Waals surface area (Å²) < 4.78 is 10.7. The van der Waals surface area contributed by atoms with E-state index >= 15 is 0 Å². The molecule has 2 aliphatic heterocycles. The number of carbonyl (C=O) groups is 1. The Hall–Kier alpha value is -2.68. The van der Waals surface area contributed by atoms with Crippen LogP contribution >= 0.6 is 0 Å². The molecule has 0 aromatic carbocycles. The Kier molecular flexibility index (Phi) is 4.96. The molecule has 9 heteroatoms. The number of carbonyl (C=O) groups excluding carboxylic acids is 1. The van der Waals surface area contributed by atoms with Crippen LogP contribution in [-0.4, -0.2) is 58.8 Å². The SMILES string of the molecule is O=C(NCc1noc([C@H]2CCCO2)n1)N1CCN(c2ccccn2)CC1. The van der Waals surface area contributed by atoms with Crippen LogP contribution in [0.5, 0.6) is 0 Å². The van der Waals surface area contributed by atoms with E-state index in [2.05, 4.69) is 25.3 Å². The van der Waals surface area contributed by atoms with Crippen LogP contribution in [0.25, 0.3) is 0 Å². The predicted octanol–water partition coefficient (Wildman–Crippen LogP) is 1.35. The molecule has 4 heterocycles. The molecular weight excluding hydrogens is 336 g/mol. The van der Waals surface area contributed by atoms with Gasteiger partial charge in [0.05, 0.1) is 6.54 Å². The lowest BCUT2D eigenvalue weighted by Gasteiger charge is -2.35. The van der Waals surface area contributed by atoms with Crippen LogP contribution in [0.2, 0.25) is 0 Å². The van der Waals surface area contributed by atoms with Gasteiger partial charge in [0.2, 0.25) is 0 Å². The average Bonchev–Trinajstić information content (AvgIpc) is 3.38. The first-order valence-corrected chi connectivity index (χ1v) is 8.92. The normalized spacial score (nSPS) is 20.4. The van der Waals surface area contributed by atoms with Crippen molar-refractivity contribution in [3.05, 3.63) is 36.1 Å². The van der Waals surface area contributed by atoms with Crippen LogP contribution in [0.4, 0.5) is 10.6 Å². The molecule has 0 bridgehead atoms. The number of amides is 2. The van der Waals surface area contributed by atoms with Crippen molar-refractivity contribution in [1.29, 1.82) is 0 Å². The van der Waals surface area contributed by atoms with Gasteiger partial charge < -0.3 is 24.4 Å². The summed E-state index contributed by atoms with van der Waals surface area (Å²) in [5, 5.41) is 6.77. The molecule has 2 saturated heterocycles. The highest BCUT2D eigenvalue weighted by molar-refractivity contribution is 5.74. The van der Waals surface area contributed by atoms with Crippen molar-refractivity contribution in [3.8, 4) is 0 Å². The van der Waals surface area contributed by atoms with Crippen molar-refractivity contribution < 1.29 is 14.1 Å². The quantitative estimate of drug-likeness (QED) is 0.881. The molecule has 1 atom stereocenters. The lowest BCUT2D eigenvalue weighted by molar-refractivity contribution is 0.0835. The summed E-state index contributed by atoms with van der Waals surface area (Å²) in [5.74, 6) is 1.91. The molecule has 0 spiro atoms. The molecule has 2 aliphatic rings. The van der Waals surface area contributed by atoms with Crippen molar-refractivity contribution in [2.75, 3.05) is 37.7 Å². The highest BCUT2D eigenvalue weighted by atomic mass is 16.5. The first-order chi connectivity index (χ1) is 12.8. The number of hydrogen-bond donors (Lipinski definition) is 1. The molecular formula is C17H22N6O3. The van der Waals surface area contributed by atoms with E-state index in [0.29, 0.717) is 24.8 Å². The zero-order chi connectivity index (χ0) is 17.8.